The summed E-state index contributed by atoms with van der Waals surface area (Å²) in [5, 5.41) is 0. The molecule has 0 aromatic rings. The van der Waals surface area contributed by atoms with Crippen molar-refractivity contribution >= 4 is 5.91 Å². The maximum absolute atomic E-state index is 12.1. The van der Waals surface area contributed by atoms with Crippen LogP contribution >= 0.6 is 0 Å². The van der Waals surface area contributed by atoms with Gasteiger partial charge in [-0.05, 0) is 25.2 Å². The van der Waals surface area contributed by atoms with Gasteiger partial charge in [-0.1, -0.05) is 34.1 Å². The normalized spacial score (nSPS) is 23.7. The van der Waals surface area contributed by atoms with E-state index in [1.54, 1.807) is 0 Å². The Labute approximate surface area is 94.0 Å². The quantitative estimate of drug-likeness (QED) is 0.652. The lowest BCUT2D eigenvalue weighted by molar-refractivity contribution is -0.139. The monoisotopic (exact) mass is 211 g/mol. The number of hydrogen-bond donors (Lipinski definition) is 0. The van der Waals surface area contributed by atoms with Crippen LogP contribution in [0.15, 0.2) is 0 Å². The van der Waals surface area contributed by atoms with Crippen LogP contribution in [0.25, 0.3) is 0 Å². The molecule has 1 fully saturated rings. The Kier molecular flexibility index (Phi) is 4.18. The Morgan fingerprint density at radius 3 is 2.47 bits per heavy atom. The van der Waals surface area contributed by atoms with E-state index in [2.05, 4.69) is 11.8 Å². The second kappa shape index (κ2) is 5.00. The van der Waals surface area contributed by atoms with E-state index in [1.807, 2.05) is 20.8 Å². The molecule has 1 heterocycles. The molecule has 0 N–H and O–H groups in total. The largest absolute Gasteiger partial charge is 0.342 e. The number of carbonyl (C=O) groups is 1. The van der Waals surface area contributed by atoms with Gasteiger partial charge in [0.1, 0.15) is 0 Å². The average molecular weight is 211 g/mol. The average Bonchev–Trinajstić information content (AvgIpc) is 2.39. The molecule has 0 radical (unpaired) electrons. The lowest BCUT2D eigenvalue weighted by Crippen LogP contribution is -2.40. The smallest absolute Gasteiger partial charge is 0.227 e. The van der Waals surface area contributed by atoms with Crippen molar-refractivity contribution in [3.05, 3.63) is 0 Å². The molecule has 1 aliphatic heterocycles. The predicted octanol–water partition coefficient (Wildman–Crippen LogP) is 3.07. The van der Waals surface area contributed by atoms with Crippen molar-refractivity contribution < 1.29 is 4.79 Å². The minimum Gasteiger partial charge on any atom is -0.342 e. The zero-order valence-corrected chi connectivity index (χ0v) is 10.7. The van der Waals surface area contributed by atoms with Crippen LogP contribution in [0.1, 0.15) is 53.4 Å². The van der Waals surface area contributed by atoms with Gasteiger partial charge in [0.15, 0.2) is 0 Å². The third-order valence-electron chi connectivity index (χ3n) is 3.35. The number of amides is 1. The summed E-state index contributed by atoms with van der Waals surface area (Å²) in [5.74, 6) is 1.15. The van der Waals surface area contributed by atoms with Crippen LogP contribution < -0.4 is 0 Å². The summed E-state index contributed by atoms with van der Waals surface area (Å²) >= 11 is 0. The summed E-state index contributed by atoms with van der Waals surface area (Å²) in [7, 11) is 0. The highest BCUT2D eigenvalue weighted by Gasteiger charge is 2.28. The van der Waals surface area contributed by atoms with Crippen LogP contribution in [-0.2, 0) is 4.79 Å². The van der Waals surface area contributed by atoms with Gasteiger partial charge in [-0.25, -0.2) is 0 Å². The topological polar surface area (TPSA) is 20.3 Å². The Morgan fingerprint density at radius 1 is 1.27 bits per heavy atom. The minimum absolute atomic E-state index is 0.216. The maximum Gasteiger partial charge on any atom is 0.227 e. The van der Waals surface area contributed by atoms with Crippen LogP contribution in [0.5, 0.6) is 0 Å². The zero-order chi connectivity index (χ0) is 11.5. The fourth-order valence-corrected chi connectivity index (χ4v) is 2.25. The van der Waals surface area contributed by atoms with Gasteiger partial charge >= 0.3 is 0 Å². The van der Waals surface area contributed by atoms with E-state index in [9.17, 15) is 4.79 Å². The van der Waals surface area contributed by atoms with E-state index in [0.29, 0.717) is 5.91 Å². The molecule has 1 aliphatic rings. The van der Waals surface area contributed by atoms with Crippen molar-refractivity contribution in [3.63, 3.8) is 0 Å². The molecule has 1 atom stereocenters. The van der Waals surface area contributed by atoms with Crippen molar-refractivity contribution in [1.29, 1.82) is 0 Å². The SMILES string of the molecule is CCC1CCCN(C(=O)C(C)(C)C)CC1. The summed E-state index contributed by atoms with van der Waals surface area (Å²) in [5.41, 5.74) is -0.216. The fraction of sp³-hybridized carbons (Fsp3) is 0.923. The van der Waals surface area contributed by atoms with E-state index in [4.69, 9.17) is 0 Å². The number of rotatable bonds is 1. The number of hydrogen-bond acceptors (Lipinski definition) is 1. The van der Waals surface area contributed by atoms with Crippen molar-refractivity contribution in [2.45, 2.75) is 53.4 Å². The van der Waals surface area contributed by atoms with Crippen molar-refractivity contribution in [1.82, 2.24) is 4.90 Å². The number of carbonyl (C=O) groups excluding carboxylic acids is 1. The lowest BCUT2D eigenvalue weighted by atomic mass is 9.94. The molecule has 1 unspecified atom stereocenters. The predicted molar refractivity (Wildman–Crippen MR) is 63.7 cm³/mol. The summed E-state index contributed by atoms with van der Waals surface area (Å²) in [6.07, 6.45) is 4.93. The van der Waals surface area contributed by atoms with Crippen LogP contribution in [0.3, 0.4) is 0 Å². The van der Waals surface area contributed by atoms with Gasteiger partial charge in [0.2, 0.25) is 5.91 Å². The second-order valence-electron chi connectivity index (χ2n) is 5.75. The number of likely N-dealkylation sites (tertiary alicyclic amines) is 1. The fourth-order valence-electron chi connectivity index (χ4n) is 2.25. The summed E-state index contributed by atoms with van der Waals surface area (Å²) in [6.45, 7) is 10.2. The highest BCUT2D eigenvalue weighted by atomic mass is 16.2. The molecule has 0 aliphatic carbocycles. The Bertz CT molecular complexity index is 217. The van der Waals surface area contributed by atoms with Crippen LogP contribution in [0, 0.1) is 11.3 Å². The van der Waals surface area contributed by atoms with Crippen molar-refractivity contribution in [2.24, 2.45) is 11.3 Å². The highest BCUT2D eigenvalue weighted by molar-refractivity contribution is 5.81. The van der Waals surface area contributed by atoms with Gasteiger partial charge in [0.05, 0.1) is 0 Å². The summed E-state index contributed by atoms with van der Waals surface area (Å²) in [6, 6.07) is 0. The van der Waals surface area contributed by atoms with Gasteiger partial charge in [-0.15, -0.1) is 0 Å². The minimum atomic E-state index is -0.216. The molecule has 15 heavy (non-hydrogen) atoms. The van der Waals surface area contributed by atoms with Crippen LogP contribution in [0.2, 0.25) is 0 Å². The first-order valence-electron chi connectivity index (χ1n) is 6.24. The molecule has 0 bridgehead atoms. The molecule has 0 aromatic carbocycles. The van der Waals surface area contributed by atoms with Crippen LogP contribution in [0.4, 0.5) is 0 Å². The molecule has 2 nitrogen and oxygen atoms in total. The molecule has 0 spiro atoms. The molecule has 2 heteroatoms. The first-order chi connectivity index (χ1) is 6.95. The standard InChI is InChI=1S/C13H25NO/c1-5-11-7-6-9-14(10-8-11)12(15)13(2,3)4/h11H,5-10H2,1-4H3. The van der Waals surface area contributed by atoms with E-state index < -0.39 is 0 Å². The summed E-state index contributed by atoms with van der Waals surface area (Å²) < 4.78 is 0. The van der Waals surface area contributed by atoms with E-state index in [-0.39, 0.29) is 5.41 Å². The molecule has 1 amide bonds. The first kappa shape index (κ1) is 12.5. The Hall–Kier alpha value is -0.530. The Morgan fingerprint density at radius 2 is 1.93 bits per heavy atom. The molecule has 1 rings (SSSR count). The molecule has 88 valence electrons. The van der Waals surface area contributed by atoms with Crippen molar-refractivity contribution in [2.75, 3.05) is 13.1 Å². The molecule has 0 aromatic heterocycles. The Balaban J connectivity index is 2.54. The van der Waals surface area contributed by atoms with Gasteiger partial charge < -0.3 is 4.90 Å². The highest BCUT2D eigenvalue weighted by Crippen LogP contribution is 2.24. The lowest BCUT2D eigenvalue weighted by Gasteiger charge is -2.28. The first-order valence-corrected chi connectivity index (χ1v) is 6.24. The third-order valence-corrected chi connectivity index (χ3v) is 3.35. The van der Waals surface area contributed by atoms with E-state index in [0.717, 1.165) is 19.0 Å². The summed E-state index contributed by atoms with van der Waals surface area (Å²) in [4.78, 5) is 14.2. The number of nitrogens with zero attached hydrogens (tertiary/aromatic N) is 1. The third kappa shape index (κ3) is 3.51. The van der Waals surface area contributed by atoms with Gasteiger partial charge in [0.25, 0.3) is 0 Å². The molecular formula is C13H25NO. The van der Waals surface area contributed by atoms with Gasteiger partial charge in [-0.2, -0.15) is 0 Å². The molecule has 1 saturated heterocycles. The van der Waals surface area contributed by atoms with Gasteiger partial charge in [-0.3, -0.25) is 4.79 Å². The maximum atomic E-state index is 12.1. The van der Waals surface area contributed by atoms with Gasteiger partial charge in [0, 0.05) is 18.5 Å². The molecular weight excluding hydrogens is 186 g/mol. The second-order valence-corrected chi connectivity index (χ2v) is 5.75. The van der Waals surface area contributed by atoms with E-state index >= 15 is 0 Å². The van der Waals surface area contributed by atoms with Crippen LogP contribution in [-0.4, -0.2) is 23.9 Å². The van der Waals surface area contributed by atoms with E-state index in [1.165, 1.54) is 25.7 Å². The van der Waals surface area contributed by atoms with Crippen molar-refractivity contribution in [3.8, 4) is 0 Å². The molecule has 0 saturated carbocycles. The zero-order valence-electron chi connectivity index (χ0n) is 10.7.